The van der Waals surface area contributed by atoms with Crippen LogP contribution in [-0.2, 0) is 10.5 Å². The molecule has 0 saturated heterocycles. The van der Waals surface area contributed by atoms with Crippen LogP contribution in [0.15, 0.2) is 84.9 Å². The lowest BCUT2D eigenvalue weighted by molar-refractivity contribution is -0.123. The van der Waals surface area contributed by atoms with Crippen molar-refractivity contribution in [3.63, 3.8) is 0 Å². The second-order valence-corrected chi connectivity index (χ2v) is 5.85. The molecule has 0 radical (unpaired) electrons. The molecule has 1 aliphatic rings. The lowest BCUT2D eigenvalue weighted by Gasteiger charge is -2.29. The standard InChI is InChI=1S/C22H15FO/c23-22(17-10-5-2-6-11-17)20-13-7-12-18(16-8-3-1-4-9-16)19(20)14-15-21(22)24/h1-15H/t22-/m0/s1. The van der Waals surface area contributed by atoms with Gasteiger partial charge in [-0.3, -0.25) is 4.79 Å². The number of hydrogen-bond donors (Lipinski definition) is 0. The van der Waals surface area contributed by atoms with E-state index in [-0.39, 0.29) is 0 Å². The molecule has 4 rings (SSSR count). The number of fused-ring (bicyclic) bond motifs is 1. The van der Waals surface area contributed by atoms with Crippen molar-refractivity contribution in [3.05, 3.63) is 102 Å². The van der Waals surface area contributed by atoms with Crippen LogP contribution in [0.5, 0.6) is 0 Å². The van der Waals surface area contributed by atoms with E-state index in [0.29, 0.717) is 11.1 Å². The highest BCUT2D eigenvalue weighted by atomic mass is 19.1. The normalized spacial score (nSPS) is 19.1. The monoisotopic (exact) mass is 314 g/mol. The lowest BCUT2D eigenvalue weighted by Crippen LogP contribution is -2.34. The molecule has 24 heavy (non-hydrogen) atoms. The molecule has 0 fully saturated rings. The van der Waals surface area contributed by atoms with Gasteiger partial charge in [0.15, 0.2) is 0 Å². The van der Waals surface area contributed by atoms with Gasteiger partial charge in [-0.05, 0) is 22.8 Å². The highest BCUT2D eigenvalue weighted by Gasteiger charge is 2.44. The average molecular weight is 314 g/mol. The summed E-state index contributed by atoms with van der Waals surface area (Å²) in [5, 5.41) is 0. The van der Waals surface area contributed by atoms with E-state index in [1.807, 2.05) is 48.5 Å². The molecule has 0 N–H and O–H groups in total. The fraction of sp³-hybridized carbons (Fsp3) is 0.0455. The summed E-state index contributed by atoms with van der Waals surface area (Å²) in [6, 6.07) is 23.9. The second kappa shape index (κ2) is 5.57. The number of benzene rings is 3. The largest absolute Gasteiger partial charge is 0.290 e. The predicted molar refractivity (Wildman–Crippen MR) is 94.2 cm³/mol. The van der Waals surface area contributed by atoms with Gasteiger partial charge in [0.25, 0.3) is 0 Å². The number of rotatable bonds is 2. The fourth-order valence-corrected chi connectivity index (χ4v) is 3.29. The number of halogens is 1. The van der Waals surface area contributed by atoms with Crippen molar-refractivity contribution in [3.8, 4) is 11.1 Å². The third-order valence-electron chi connectivity index (χ3n) is 4.47. The maximum atomic E-state index is 16.0. The van der Waals surface area contributed by atoms with Gasteiger partial charge >= 0.3 is 0 Å². The first-order chi connectivity index (χ1) is 11.7. The van der Waals surface area contributed by atoms with Crippen molar-refractivity contribution >= 4 is 11.9 Å². The summed E-state index contributed by atoms with van der Waals surface area (Å²) >= 11 is 0. The topological polar surface area (TPSA) is 17.1 Å². The molecule has 0 amide bonds. The van der Waals surface area contributed by atoms with Crippen LogP contribution in [0.3, 0.4) is 0 Å². The van der Waals surface area contributed by atoms with Gasteiger partial charge in [-0.1, -0.05) is 84.9 Å². The Morgan fingerprint density at radius 3 is 2.08 bits per heavy atom. The third-order valence-corrected chi connectivity index (χ3v) is 4.47. The van der Waals surface area contributed by atoms with Gasteiger partial charge in [0.2, 0.25) is 11.5 Å². The van der Waals surface area contributed by atoms with E-state index in [1.165, 1.54) is 6.08 Å². The first-order valence-corrected chi connectivity index (χ1v) is 7.87. The molecule has 3 aromatic carbocycles. The van der Waals surface area contributed by atoms with Gasteiger partial charge in [-0.15, -0.1) is 0 Å². The molecule has 1 atom stereocenters. The number of hydrogen-bond acceptors (Lipinski definition) is 1. The minimum Gasteiger partial charge on any atom is -0.290 e. The summed E-state index contributed by atoms with van der Waals surface area (Å²) in [5.74, 6) is -0.536. The summed E-state index contributed by atoms with van der Waals surface area (Å²) in [5.41, 5.74) is 1.32. The first-order valence-electron chi connectivity index (χ1n) is 7.87. The Morgan fingerprint density at radius 1 is 0.708 bits per heavy atom. The van der Waals surface area contributed by atoms with Crippen LogP contribution in [0, 0.1) is 0 Å². The smallest absolute Gasteiger partial charge is 0.223 e. The Morgan fingerprint density at radius 2 is 1.38 bits per heavy atom. The van der Waals surface area contributed by atoms with E-state index in [9.17, 15) is 4.79 Å². The van der Waals surface area contributed by atoms with E-state index >= 15 is 4.39 Å². The zero-order chi connectivity index (χ0) is 16.6. The van der Waals surface area contributed by atoms with Crippen molar-refractivity contribution in [2.45, 2.75) is 5.67 Å². The number of allylic oxidation sites excluding steroid dienone is 1. The average Bonchev–Trinajstić information content (AvgIpc) is 2.66. The third kappa shape index (κ3) is 2.11. The lowest BCUT2D eigenvalue weighted by atomic mass is 9.76. The Bertz CT molecular complexity index is 929. The SMILES string of the molecule is O=C1C=Cc2c(-c3ccccc3)cccc2[C@@]1(F)c1ccccc1. The van der Waals surface area contributed by atoms with Crippen molar-refractivity contribution in [2.24, 2.45) is 0 Å². The zero-order valence-electron chi connectivity index (χ0n) is 12.9. The fourth-order valence-electron chi connectivity index (χ4n) is 3.29. The van der Waals surface area contributed by atoms with Crippen molar-refractivity contribution in [1.82, 2.24) is 0 Å². The van der Waals surface area contributed by atoms with E-state index in [1.54, 1.807) is 36.4 Å². The molecule has 116 valence electrons. The van der Waals surface area contributed by atoms with Crippen LogP contribution in [0.25, 0.3) is 17.2 Å². The minimum absolute atomic E-state index is 0.366. The summed E-state index contributed by atoms with van der Waals surface area (Å²) in [4.78, 5) is 12.5. The van der Waals surface area contributed by atoms with Gasteiger partial charge in [0.1, 0.15) is 0 Å². The number of ketones is 1. The molecule has 3 aromatic rings. The van der Waals surface area contributed by atoms with Crippen molar-refractivity contribution in [1.29, 1.82) is 0 Å². The first kappa shape index (κ1) is 14.6. The van der Waals surface area contributed by atoms with E-state index < -0.39 is 11.5 Å². The summed E-state index contributed by atoms with van der Waals surface area (Å²) in [7, 11) is 0. The maximum absolute atomic E-state index is 16.0. The maximum Gasteiger partial charge on any atom is 0.223 e. The zero-order valence-corrected chi connectivity index (χ0v) is 12.9. The number of carbonyl (C=O) groups excluding carboxylic acids is 1. The summed E-state index contributed by atoms with van der Waals surface area (Å²) < 4.78 is 16.0. The number of alkyl halides is 1. The predicted octanol–water partition coefficient (Wildman–Crippen LogP) is 5.16. The van der Waals surface area contributed by atoms with Crippen molar-refractivity contribution < 1.29 is 9.18 Å². The Kier molecular flexibility index (Phi) is 3.39. The molecule has 0 spiro atoms. The molecular formula is C22H15FO. The molecule has 0 heterocycles. The van der Waals surface area contributed by atoms with Gasteiger partial charge < -0.3 is 0 Å². The molecule has 1 aliphatic carbocycles. The second-order valence-electron chi connectivity index (χ2n) is 5.85. The van der Waals surface area contributed by atoms with Gasteiger partial charge in [-0.2, -0.15) is 0 Å². The van der Waals surface area contributed by atoms with E-state index in [0.717, 1.165) is 16.7 Å². The molecule has 0 aliphatic heterocycles. The van der Waals surface area contributed by atoms with E-state index in [2.05, 4.69) is 0 Å². The Labute approximate surface area is 140 Å². The quantitative estimate of drug-likeness (QED) is 0.638. The molecular weight excluding hydrogens is 299 g/mol. The van der Waals surface area contributed by atoms with Crippen LogP contribution in [0.1, 0.15) is 16.7 Å². The van der Waals surface area contributed by atoms with Crippen LogP contribution < -0.4 is 0 Å². The van der Waals surface area contributed by atoms with Crippen molar-refractivity contribution in [2.75, 3.05) is 0 Å². The Hall–Kier alpha value is -3.00. The van der Waals surface area contributed by atoms with Gasteiger partial charge in [0, 0.05) is 11.1 Å². The van der Waals surface area contributed by atoms with E-state index in [4.69, 9.17) is 0 Å². The number of carbonyl (C=O) groups is 1. The molecule has 0 aromatic heterocycles. The highest BCUT2D eigenvalue weighted by molar-refractivity contribution is 6.07. The minimum atomic E-state index is -2.14. The summed E-state index contributed by atoms with van der Waals surface area (Å²) in [6.45, 7) is 0. The van der Waals surface area contributed by atoms with Gasteiger partial charge in [-0.25, -0.2) is 4.39 Å². The summed E-state index contributed by atoms with van der Waals surface area (Å²) in [6.07, 6.45) is 3.07. The highest BCUT2D eigenvalue weighted by Crippen LogP contribution is 2.43. The van der Waals surface area contributed by atoms with Gasteiger partial charge in [0.05, 0.1) is 0 Å². The van der Waals surface area contributed by atoms with Crippen LogP contribution in [0.2, 0.25) is 0 Å². The molecule has 1 nitrogen and oxygen atoms in total. The molecule has 0 bridgehead atoms. The van der Waals surface area contributed by atoms with Crippen LogP contribution >= 0.6 is 0 Å². The Balaban J connectivity index is 1.98. The molecule has 0 saturated carbocycles. The molecule has 0 unspecified atom stereocenters. The van der Waals surface area contributed by atoms with Crippen LogP contribution in [-0.4, -0.2) is 5.78 Å². The molecule has 2 heteroatoms. The van der Waals surface area contributed by atoms with Crippen LogP contribution in [0.4, 0.5) is 4.39 Å².